The van der Waals surface area contributed by atoms with E-state index in [9.17, 15) is 0 Å². The van der Waals surface area contributed by atoms with Gasteiger partial charge in [0.25, 0.3) is 0 Å². The van der Waals surface area contributed by atoms with E-state index in [4.69, 9.17) is 11.6 Å². The van der Waals surface area contributed by atoms with Crippen molar-refractivity contribution >= 4 is 17.4 Å². The molecule has 1 aliphatic carbocycles. The van der Waals surface area contributed by atoms with Gasteiger partial charge in [-0.1, -0.05) is 31.4 Å². The molecule has 0 atom stereocenters. The number of hydrogen-bond acceptors (Lipinski definition) is 3. The Morgan fingerprint density at radius 3 is 2.70 bits per heavy atom. The molecule has 0 spiro atoms. The molecule has 1 N–H and O–H groups in total. The fraction of sp³-hybridized carbons (Fsp3) is 0.688. The molecule has 0 unspecified atom stereocenters. The number of hydrogen-bond donors (Lipinski definition) is 1. The van der Waals surface area contributed by atoms with Gasteiger partial charge in [0.2, 0.25) is 0 Å². The van der Waals surface area contributed by atoms with Crippen LogP contribution in [0.5, 0.6) is 0 Å². The van der Waals surface area contributed by atoms with Crippen LogP contribution in [0.3, 0.4) is 0 Å². The van der Waals surface area contributed by atoms with E-state index in [1.54, 1.807) is 0 Å². The smallest absolute Gasteiger partial charge is 0.147 e. The molecular weight excluding hydrogens is 270 g/mol. The van der Waals surface area contributed by atoms with Crippen molar-refractivity contribution < 1.29 is 0 Å². The topological polar surface area (TPSA) is 28.2 Å². The summed E-state index contributed by atoms with van der Waals surface area (Å²) in [5.74, 6) is 0.959. The summed E-state index contributed by atoms with van der Waals surface area (Å²) in [6.45, 7) is 7.21. The SMILES string of the molecule is CCCNCc1cnc(N(CC)C2CCCC2)c(Cl)c1. The van der Waals surface area contributed by atoms with Gasteiger partial charge in [-0.2, -0.15) is 0 Å². The Morgan fingerprint density at radius 1 is 1.35 bits per heavy atom. The molecule has 0 amide bonds. The monoisotopic (exact) mass is 295 g/mol. The van der Waals surface area contributed by atoms with Crippen LogP contribution in [0, 0.1) is 0 Å². The zero-order valence-electron chi connectivity index (χ0n) is 12.7. The maximum absolute atomic E-state index is 6.46. The minimum atomic E-state index is 0.620. The molecule has 1 aromatic heterocycles. The van der Waals surface area contributed by atoms with Crippen molar-refractivity contribution in [2.75, 3.05) is 18.0 Å². The van der Waals surface area contributed by atoms with Crippen LogP contribution in [0.25, 0.3) is 0 Å². The number of nitrogens with one attached hydrogen (secondary N) is 1. The van der Waals surface area contributed by atoms with Gasteiger partial charge in [0, 0.05) is 25.3 Å². The number of rotatable bonds is 7. The summed E-state index contributed by atoms with van der Waals surface area (Å²) in [4.78, 5) is 7.00. The van der Waals surface area contributed by atoms with Crippen LogP contribution in [0.1, 0.15) is 51.5 Å². The highest BCUT2D eigenvalue weighted by molar-refractivity contribution is 6.33. The molecule has 1 aromatic rings. The molecule has 0 bridgehead atoms. The lowest BCUT2D eigenvalue weighted by Crippen LogP contribution is -2.34. The van der Waals surface area contributed by atoms with Crippen LogP contribution in [-0.4, -0.2) is 24.1 Å². The van der Waals surface area contributed by atoms with Crippen LogP contribution < -0.4 is 10.2 Å². The summed E-state index contributed by atoms with van der Waals surface area (Å²) < 4.78 is 0. The largest absolute Gasteiger partial charge is 0.353 e. The number of anilines is 1. The predicted molar refractivity (Wildman–Crippen MR) is 86.5 cm³/mol. The van der Waals surface area contributed by atoms with E-state index in [2.05, 4.69) is 35.1 Å². The van der Waals surface area contributed by atoms with Crippen molar-refractivity contribution in [1.82, 2.24) is 10.3 Å². The van der Waals surface area contributed by atoms with Gasteiger partial charge in [0.05, 0.1) is 5.02 Å². The Morgan fingerprint density at radius 2 is 2.10 bits per heavy atom. The van der Waals surface area contributed by atoms with Crippen molar-refractivity contribution in [3.63, 3.8) is 0 Å². The van der Waals surface area contributed by atoms with Gasteiger partial charge in [-0.3, -0.25) is 0 Å². The lowest BCUT2D eigenvalue weighted by atomic mass is 10.2. The fourth-order valence-corrected chi connectivity index (χ4v) is 3.28. The predicted octanol–water partition coefficient (Wildman–Crippen LogP) is 4.00. The van der Waals surface area contributed by atoms with Crippen molar-refractivity contribution in [1.29, 1.82) is 0 Å². The summed E-state index contributed by atoms with van der Waals surface area (Å²) >= 11 is 6.46. The molecule has 0 aliphatic heterocycles. The van der Waals surface area contributed by atoms with Crippen molar-refractivity contribution in [3.05, 3.63) is 22.8 Å². The molecule has 3 nitrogen and oxygen atoms in total. The Balaban J connectivity index is 2.07. The van der Waals surface area contributed by atoms with E-state index in [1.807, 2.05) is 6.20 Å². The maximum Gasteiger partial charge on any atom is 0.147 e. The van der Waals surface area contributed by atoms with Gasteiger partial charge >= 0.3 is 0 Å². The number of nitrogens with zero attached hydrogens (tertiary/aromatic N) is 2. The fourth-order valence-electron chi connectivity index (χ4n) is 2.98. The average Bonchev–Trinajstić information content (AvgIpc) is 2.96. The zero-order chi connectivity index (χ0) is 14.4. The van der Waals surface area contributed by atoms with Gasteiger partial charge < -0.3 is 10.2 Å². The Bertz CT molecular complexity index is 416. The minimum absolute atomic E-state index is 0.620. The van der Waals surface area contributed by atoms with Gasteiger partial charge in [0.1, 0.15) is 5.82 Å². The molecule has 2 rings (SSSR count). The second kappa shape index (κ2) is 7.84. The Hall–Kier alpha value is -0.800. The second-order valence-electron chi connectivity index (χ2n) is 5.55. The molecule has 112 valence electrons. The van der Waals surface area contributed by atoms with E-state index >= 15 is 0 Å². The second-order valence-corrected chi connectivity index (χ2v) is 5.96. The highest BCUT2D eigenvalue weighted by Crippen LogP contribution is 2.31. The first-order valence-corrected chi connectivity index (χ1v) is 8.25. The first-order chi connectivity index (χ1) is 9.76. The molecule has 1 saturated carbocycles. The molecule has 0 saturated heterocycles. The minimum Gasteiger partial charge on any atom is -0.353 e. The number of pyridine rings is 1. The summed E-state index contributed by atoms with van der Waals surface area (Å²) in [6, 6.07) is 2.68. The first-order valence-electron chi connectivity index (χ1n) is 7.88. The third-order valence-electron chi connectivity index (χ3n) is 4.01. The van der Waals surface area contributed by atoms with E-state index in [0.717, 1.165) is 42.5 Å². The quantitative estimate of drug-likeness (QED) is 0.771. The van der Waals surface area contributed by atoms with Crippen molar-refractivity contribution in [2.24, 2.45) is 0 Å². The zero-order valence-corrected chi connectivity index (χ0v) is 13.4. The van der Waals surface area contributed by atoms with Gasteiger partial charge in [-0.25, -0.2) is 4.98 Å². The van der Waals surface area contributed by atoms with Gasteiger partial charge in [-0.15, -0.1) is 0 Å². The Kier molecular flexibility index (Phi) is 6.11. The van der Waals surface area contributed by atoms with Crippen LogP contribution in [0.2, 0.25) is 5.02 Å². The van der Waals surface area contributed by atoms with E-state index in [1.165, 1.54) is 25.7 Å². The molecule has 4 heteroatoms. The highest BCUT2D eigenvalue weighted by Gasteiger charge is 2.24. The average molecular weight is 296 g/mol. The summed E-state index contributed by atoms with van der Waals surface area (Å²) in [7, 11) is 0. The summed E-state index contributed by atoms with van der Waals surface area (Å²) in [6.07, 6.45) is 8.30. The van der Waals surface area contributed by atoms with Gasteiger partial charge in [-0.05, 0) is 44.4 Å². The van der Waals surface area contributed by atoms with Crippen LogP contribution >= 0.6 is 11.6 Å². The standard InChI is InChI=1S/C16H26ClN3/c1-3-9-18-11-13-10-15(17)16(19-12-13)20(4-2)14-7-5-6-8-14/h10,12,14,18H,3-9,11H2,1-2H3. The normalized spacial score (nSPS) is 15.8. The van der Waals surface area contributed by atoms with Crippen LogP contribution in [0.15, 0.2) is 12.3 Å². The van der Waals surface area contributed by atoms with E-state index < -0.39 is 0 Å². The van der Waals surface area contributed by atoms with Crippen LogP contribution in [0.4, 0.5) is 5.82 Å². The van der Waals surface area contributed by atoms with Crippen LogP contribution in [-0.2, 0) is 6.54 Å². The molecule has 1 aliphatic rings. The molecule has 0 radical (unpaired) electrons. The number of aromatic nitrogens is 1. The van der Waals surface area contributed by atoms with E-state index in [-0.39, 0.29) is 0 Å². The maximum atomic E-state index is 6.46. The number of halogens is 1. The summed E-state index contributed by atoms with van der Waals surface area (Å²) in [5.41, 5.74) is 1.16. The lowest BCUT2D eigenvalue weighted by molar-refractivity contribution is 0.612. The Labute approximate surface area is 127 Å². The molecule has 0 aromatic carbocycles. The van der Waals surface area contributed by atoms with Crippen molar-refractivity contribution in [2.45, 2.75) is 58.5 Å². The first kappa shape index (κ1) is 15.6. The van der Waals surface area contributed by atoms with Crippen molar-refractivity contribution in [3.8, 4) is 0 Å². The third kappa shape index (κ3) is 3.86. The summed E-state index contributed by atoms with van der Waals surface area (Å²) in [5, 5.41) is 4.17. The molecular formula is C16H26ClN3. The van der Waals surface area contributed by atoms with E-state index in [0.29, 0.717) is 6.04 Å². The van der Waals surface area contributed by atoms with Gasteiger partial charge in [0.15, 0.2) is 0 Å². The molecule has 1 heterocycles. The molecule has 1 fully saturated rings. The lowest BCUT2D eigenvalue weighted by Gasteiger charge is -2.29. The highest BCUT2D eigenvalue weighted by atomic mass is 35.5. The third-order valence-corrected chi connectivity index (χ3v) is 4.29. The molecule has 20 heavy (non-hydrogen) atoms.